The summed E-state index contributed by atoms with van der Waals surface area (Å²) in [5.74, 6) is 0.465. The molecular formula is C14H23N3O. The van der Waals surface area contributed by atoms with Gasteiger partial charge in [-0.05, 0) is 44.4 Å². The molecule has 4 heteroatoms. The van der Waals surface area contributed by atoms with Crippen molar-refractivity contribution in [3.05, 3.63) is 23.4 Å². The van der Waals surface area contributed by atoms with Crippen molar-refractivity contribution >= 4 is 5.82 Å². The number of hydrogen-bond donors (Lipinski definition) is 2. The average molecular weight is 249 g/mol. The smallest absolute Gasteiger partial charge is 0.129 e. The highest BCUT2D eigenvalue weighted by atomic mass is 16.3. The molecule has 2 rings (SSSR count). The highest BCUT2D eigenvalue weighted by Gasteiger charge is 2.35. The van der Waals surface area contributed by atoms with Crippen molar-refractivity contribution in [1.29, 1.82) is 0 Å². The van der Waals surface area contributed by atoms with E-state index in [1.807, 2.05) is 13.0 Å². The number of aliphatic hydroxyl groups is 1. The molecule has 0 atom stereocenters. The number of likely N-dealkylation sites (tertiary alicyclic amines) is 1. The number of aromatic nitrogens is 1. The summed E-state index contributed by atoms with van der Waals surface area (Å²) in [6.45, 7) is 7.13. The highest BCUT2D eigenvalue weighted by Crippen LogP contribution is 2.35. The predicted octanol–water partition coefficient (Wildman–Crippen LogP) is 1.67. The van der Waals surface area contributed by atoms with Gasteiger partial charge in [0.15, 0.2) is 0 Å². The fourth-order valence-electron chi connectivity index (χ4n) is 2.68. The van der Waals surface area contributed by atoms with E-state index in [-0.39, 0.29) is 0 Å². The van der Waals surface area contributed by atoms with Crippen LogP contribution in [0.5, 0.6) is 0 Å². The van der Waals surface area contributed by atoms with Crippen molar-refractivity contribution in [3.8, 4) is 0 Å². The molecule has 0 unspecified atom stereocenters. The Hall–Kier alpha value is -1.13. The number of rotatable bonds is 3. The van der Waals surface area contributed by atoms with Crippen LogP contribution in [0.25, 0.3) is 0 Å². The van der Waals surface area contributed by atoms with Crippen molar-refractivity contribution in [2.24, 2.45) is 0 Å². The lowest BCUT2D eigenvalue weighted by Gasteiger charge is -2.38. The molecule has 0 amide bonds. The Morgan fingerprint density at radius 3 is 2.72 bits per heavy atom. The van der Waals surface area contributed by atoms with Gasteiger partial charge < -0.3 is 15.7 Å². The van der Waals surface area contributed by atoms with Crippen molar-refractivity contribution in [2.75, 3.05) is 25.4 Å². The summed E-state index contributed by atoms with van der Waals surface area (Å²) in [7, 11) is 0. The van der Waals surface area contributed by atoms with Crippen molar-refractivity contribution in [1.82, 2.24) is 9.88 Å². The van der Waals surface area contributed by atoms with Crippen molar-refractivity contribution in [3.63, 3.8) is 0 Å². The maximum Gasteiger partial charge on any atom is 0.129 e. The van der Waals surface area contributed by atoms with Gasteiger partial charge in [-0.1, -0.05) is 6.92 Å². The number of nitrogens with two attached hydrogens (primary N) is 1. The number of anilines is 1. The van der Waals surface area contributed by atoms with Crippen LogP contribution in [0, 0.1) is 6.92 Å². The molecular weight excluding hydrogens is 226 g/mol. The molecule has 18 heavy (non-hydrogen) atoms. The van der Waals surface area contributed by atoms with Gasteiger partial charge >= 0.3 is 0 Å². The van der Waals surface area contributed by atoms with Gasteiger partial charge in [-0.15, -0.1) is 0 Å². The van der Waals surface area contributed by atoms with Gasteiger partial charge in [0.2, 0.25) is 0 Å². The number of nitrogen functional groups attached to an aromatic ring is 1. The minimum atomic E-state index is -0.798. The second kappa shape index (κ2) is 5.24. The summed E-state index contributed by atoms with van der Waals surface area (Å²) in [5, 5.41) is 10.8. The van der Waals surface area contributed by atoms with E-state index < -0.39 is 5.60 Å². The molecule has 1 saturated heterocycles. The number of nitrogens with zero attached hydrogens (tertiary/aromatic N) is 2. The number of aryl methyl sites for hydroxylation is 1. The van der Waals surface area contributed by atoms with Crippen LogP contribution in [0.3, 0.4) is 0 Å². The van der Waals surface area contributed by atoms with Gasteiger partial charge in [-0.25, -0.2) is 4.98 Å². The molecule has 1 aromatic rings. The molecule has 1 aromatic heterocycles. The molecule has 3 N–H and O–H groups in total. The Kier molecular flexibility index (Phi) is 3.88. The first-order chi connectivity index (χ1) is 8.55. The third-order valence-electron chi connectivity index (χ3n) is 3.78. The molecule has 1 aliphatic rings. The SMILES string of the molecule is CCCN1CCC(O)(c2cc(C)cnc2N)CC1. The fraction of sp³-hybridized carbons (Fsp3) is 0.643. The van der Waals surface area contributed by atoms with E-state index in [2.05, 4.69) is 16.8 Å². The Morgan fingerprint density at radius 1 is 1.44 bits per heavy atom. The first-order valence-corrected chi connectivity index (χ1v) is 6.72. The Bertz CT molecular complexity index is 412. The van der Waals surface area contributed by atoms with Crippen LogP contribution in [-0.4, -0.2) is 34.6 Å². The second-order valence-electron chi connectivity index (χ2n) is 5.32. The van der Waals surface area contributed by atoms with Crippen LogP contribution >= 0.6 is 0 Å². The third-order valence-corrected chi connectivity index (χ3v) is 3.78. The van der Waals surface area contributed by atoms with E-state index in [1.165, 1.54) is 0 Å². The second-order valence-corrected chi connectivity index (χ2v) is 5.32. The summed E-state index contributed by atoms with van der Waals surface area (Å²) in [6, 6.07) is 1.97. The molecule has 4 nitrogen and oxygen atoms in total. The minimum absolute atomic E-state index is 0.465. The molecule has 0 radical (unpaired) electrons. The van der Waals surface area contributed by atoms with Gasteiger partial charge in [0, 0.05) is 24.8 Å². The zero-order chi connectivity index (χ0) is 13.2. The normalized spacial score (nSPS) is 19.9. The summed E-state index contributed by atoms with van der Waals surface area (Å²) in [4.78, 5) is 6.56. The summed E-state index contributed by atoms with van der Waals surface area (Å²) < 4.78 is 0. The number of pyridine rings is 1. The lowest BCUT2D eigenvalue weighted by Crippen LogP contribution is -2.43. The molecule has 1 aliphatic heterocycles. The van der Waals surface area contributed by atoms with E-state index in [1.54, 1.807) is 6.20 Å². The molecule has 0 aromatic carbocycles. The van der Waals surface area contributed by atoms with Crippen LogP contribution in [0.15, 0.2) is 12.3 Å². The van der Waals surface area contributed by atoms with Crippen molar-refractivity contribution < 1.29 is 5.11 Å². The first-order valence-electron chi connectivity index (χ1n) is 6.72. The van der Waals surface area contributed by atoms with Gasteiger partial charge in [0.05, 0.1) is 5.60 Å². The summed E-state index contributed by atoms with van der Waals surface area (Å²) in [6.07, 6.45) is 4.38. The van der Waals surface area contributed by atoms with Crippen LogP contribution in [0.1, 0.15) is 37.3 Å². The minimum Gasteiger partial charge on any atom is -0.385 e. The van der Waals surface area contributed by atoms with E-state index in [0.29, 0.717) is 5.82 Å². The van der Waals surface area contributed by atoms with Crippen LogP contribution in [-0.2, 0) is 5.60 Å². The standard InChI is InChI=1S/C14H23N3O/c1-3-6-17-7-4-14(18,5-8-17)12-9-11(2)10-16-13(12)15/h9-10,18H,3-8H2,1-2H3,(H2,15,16). The van der Waals surface area contributed by atoms with Crippen LogP contribution < -0.4 is 5.73 Å². The van der Waals surface area contributed by atoms with Crippen molar-refractivity contribution in [2.45, 2.75) is 38.7 Å². The Balaban J connectivity index is 2.15. The number of piperidine rings is 1. The lowest BCUT2D eigenvalue weighted by molar-refractivity contribution is -0.0254. The maximum absolute atomic E-state index is 10.8. The highest BCUT2D eigenvalue weighted by molar-refractivity contribution is 5.45. The Labute approximate surface area is 109 Å². The summed E-state index contributed by atoms with van der Waals surface area (Å²) >= 11 is 0. The van der Waals surface area contributed by atoms with Gasteiger partial charge in [0.25, 0.3) is 0 Å². The van der Waals surface area contributed by atoms with E-state index in [4.69, 9.17) is 5.73 Å². The Morgan fingerprint density at radius 2 is 2.11 bits per heavy atom. The molecule has 1 fully saturated rings. The maximum atomic E-state index is 10.8. The molecule has 100 valence electrons. The molecule has 0 bridgehead atoms. The van der Waals surface area contributed by atoms with Crippen LogP contribution in [0.2, 0.25) is 0 Å². The van der Waals surface area contributed by atoms with Gasteiger partial charge in [0.1, 0.15) is 5.82 Å². The molecule has 0 saturated carbocycles. The van der Waals surface area contributed by atoms with E-state index in [0.717, 1.165) is 50.0 Å². The first kappa shape index (κ1) is 13.3. The molecule has 0 aliphatic carbocycles. The zero-order valence-electron chi connectivity index (χ0n) is 11.3. The summed E-state index contributed by atoms with van der Waals surface area (Å²) in [5.41, 5.74) is 6.97. The number of hydrogen-bond acceptors (Lipinski definition) is 4. The van der Waals surface area contributed by atoms with Gasteiger partial charge in [-0.3, -0.25) is 0 Å². The largest absolute Gasteiger partial charge is 0.385 e. The quantitative estimate of drug-likeness (QED) is 0.855. The average Bonchev–Trinajstić information content (AvgIpc) is 2.36. The topological polar surface area (TPSA) is 62.4 Å². The monoisotopic (exact) mass is 249 g/mol. The van der Waals surface area contributed by atoms with E-state index >= 15 is 0 Å². The predicted molar refractivity (Wildman–Crippen MR) is 73.2 cm³/mol. The fourth-order valence-corrected chi connectivity index (χ4v) is 2.68. The zero-order valence-corrected chi connectivity index (χ0v) is 11.3. The van der Waals surface area contributed by atoms with Gasteiger partial charge in [-0.2, -0.15) is 0 Å². The molecule has 0 spiro atoms. The van der Waals surface area contributed by atoms with Crippen LogP contribution in [0.4, 0.5) is 5.82 Å². The van der Waals surface area contributed by atoms with E-state index in [9.17, 15) is 5.11 Å². The molecule has 2 heterocycles. The lowest BCUT2D eigenvalue weighted by atomic mass is 9.84. The third kappa shape index (κ3) is 2.65.